The molecule has 2 N–H and O–H groups in total. The van der Waals surface area contributed by atoms with E-state index >= 15 is 0 Å². The zero-order chi connectivity index (χ0) is 17.6. The molecule has 3 aromatic rings. The van der Waals surface area contributed by atoms with E-state index < -0.39 is 5.97 Å². The minimum absolute atomic E-state index is 0.124. The number of pyridine rings is 1. The average Bonchev–Trinajstić information content (AvgIpc) is 3.09. The molecule has 2 heterocycles. The summed E-state index contributed by atoms with van der Waals surface area (Å²) >= 11 is 1.25. The van der Waals surface area contributed by atoms with Gasteiger partial charge in [-0.1, -0.05) is 30.3 Å². The Labute approximate surface area is 149 Å². The molecule has 5 nitrogen and oxygen atoms in total. The van der Waals surface area contributed by atoms with Crippen LogP contribution in [0.3, 0.4) is 0 Å². The fourth-order valence-corrected chi connectivity index (χ4v) is 3.18. The first kappa shape index (κ1) is 16.9. The highest BCUT2D eigenvalue weighted by molar-refractivity contribution is 7.08. The molecule has 6 heteroatoms. The molecule has 0 saturated carbocycles. The number of carbonyl (C=O) groups is 2. The van der Waals surface area contributed by atoms with Crippen molar-refractivity contribution in [1.29, 1.82) is 0 Å². The number of aryl methyl sites for hydroxylation is 1. The smallest absolute Gasteiger partial charge is 0.338 e. The SMILES string of the molecule is O=C(CCc1ccc(-c2cccnc2)cc1)Nc1cscc1C(=O)O. The van der Waals surface area contributed by atoms with Gasteiger partial charge in [-0.25, -0.2) is 4.79 Å². The first-order valence-corrected chi connectivity index (χ1v) is 8.66. The number of rotatable bonds is 6. The summed E-state index contributed by atoms with van der Waals surface area (Å²) in [4.78, 5) is 27.2. The van der Waals surface area contributed by atoms with E-state index in [9.17, 15) is 9.59 Å². The minimum atomic E-state index is -1.04. The molecular formula is C19H16N2O3S. The molecule has 0 fully saturated rings. The molecule has 0 unspecified atom stereocenters. The van der Waals surface area contributed by atoms with Crippen molar-refractivity contribution in [1.82, 2.24) is 4.98 Å². The molecule has 0 atom stereocenters. The highest BCUT2D eigenvalue weighted by Gasteiger charge is 2.13. The summed E-state index contributed by atoms with van der Waals surface area (Å²) in [6, 6.07) is 11.9. The maximum absolute atomic E-state index is 12.0. The third kappa shape index (κ3) is 4.30. The van der Waals surface area contributed by atoms with Gasteiger partial charge in [-0.2, -0.15) is 0 Å². The number of nitrogens with one attached hydrogen (secondary N) is 1. The maximum atomic E-state index is 12.0. The number of thiophene rings is 1. The van der Waals surface area contributed by atoms with Gasteiger partial charge in [-0.15, -0.1) is 11.3 Å². The molecule has 126 valence electrons. The molecule has 0 aliphatic carbocycles. The first-order valence-electron chi connectivity index (χ1n) is 7.72. The fourth-order valence-electron chi connectivity index (χ4n) is 2.43. The summed E-state index contributed by atoms with van der Waals surface area (Å²) in [6.07, 6.45) is 4.43. The first-order chi connectivity index (χ1) is 12.1. The van der Waals surface area contributed by atoms with Gasteiger partial charge in [0.2, 0.25) is 5.91 Å². The molecule has 0 spiro atoms. The van der Waals surface area contributed by atoms with Crippen LogP contribution in [0.2, 0.25) is 0 Å². The lowest BCUT2D eigenvalue weighted by Crippen LogP contribution is -2.14. The number of aromatic carboxylic acids is 1. The Hall–Kier alpha value is -2.99. The Morgan fingerprint density at radius 1 is 1.08 bits per heavy atom. The van der Waals surface area contributed by atoms with Crippen LogP contribution in [0, 0.1) is 0 Å². The number of hydrogen-bond acceptors (Lipinski definition) is 4. The van der Waals surface area contributed by atoms with Crippen molar-refractivity contribution < 1.29 is 14.7 Å². The van der Waals surface area contributed by atoms with Gasteiger partial charge in [0.15, 0.2) is 0 Å². The predicted molar refractivity (Wildman–Crippen MR) is 97.9 cm³/mol. The highest BCUT2D eigenvalue weighted by atomic mass is 32.1. The topological polar surface area (TPSA) is 79.3 Å². The zero-order valence-electron chi connectivity index (χ0n) is 13.3. The predicted octanol–water partition coefficient (Wildman–Crippen LogP) is 4.08. The Morgan fingerprint density at radius 3 is 2.56 bits per heavy atom. The third-order valence-corrected chi connectivity index (χ3v) is 4.50. The van der Waals surface area contributed by atoms with Crippen LogP contribution in [0.4, 0.5) is 5.69 Å². The standard InChI is InChI=1S/C19H16N2O3S/c22-18(21-17-12-25-11-16(17)19(23)24)8-5-13-3-6-14(7-4-13)15-2-1-9-20-10-15/h1-4,6-7,9-12H,5,8H2,(H,21,22)(H,23,24). The number of carboxylic acid groups (broad SMARTS) is 1. The van der Waals surface area contributed by atoms with E-state index in [1.807, 2.05) is 42.6 Å². The van der Waals surface area contributed by atoms with Crippen LogP contribution in [0.25, 0.3) is 11.1 Å². The average molecular weight is 352 g/mol. The second-order valence-corrected chi connectivity index (χ2v) is 6.23. The summed E-state index contributed by atoms with van der Waals surface area (Å²) in [5.41, 5.74) is 3.65. The number of amides is 1. The van der Waals surface area contributed by atoms with Crippen LogP contribution in [-0.4, -0.2) is 22.0 Å². The monoisotopic (exact) mass is 352 g/mol. The van der Waals surface area contributed by atoms with E-state index in [1.165, 1.54) is 16.7 Å². The van der Waals surface area contributed by atoms with Crippen LogP contribution in [0.15, 0.2) is 59.6 Å². The normalized spacial score (nSPS) is 10.4. The maximum Gasteiger partial charge on any atom is 0.338 e. The van der Waals surface area contributed by atoms with Crippen molar-refractivity contribution in [3.63, 3.8) is 0 Å². The van der Waals surface area contributed by atoms with Crippen LogP contribution < -0.4 is 5.32 Å². The number of aromatic nitrogens is 1. The van der Waals surface area contributed by atoms with Crippen molar-refractivity contribution in [2.24, 2.45) is 0 Å². The molecule has 0 bridgehead atoms. The number of carbonyl (C=O) groups excluding carboxylic acids is 1. The van der Waals surface area contributed by atoms with E-state index in [-0.39, 0.29) is 11.5 Å². The van der Waals surface area contributed by atoms with Gasteiger partial charge in [0.25, 0.3) is 0 Å². The summed E-state index contributed by atoms with van der Waals surface area (Å²) in [5.74, 6) is -1.24. The van der Waals surface area contributed by atoms with Crippen molar-refractivity contribution in [2.75, 3.05) is 5.32 Å². The number of anilines is 1. The summed E-state index contributed by atoms with van der Waals surface area (Å²) in [7, 11) is 0. The molecular weight excluding hydrogens is 336 g/mol. The van der Waals surface area contributed by atoms with Crippen LogP contribution in [0.1, 0.15) is 22.3 Å². The van der Waals surface area contributed by atoms with Crippen molar-refractivity contribution >= 4 is 28.9 Å². The van der Waals surface area contributed by atoms with Gasteiger partial charge >= 0.3 is 5.97 Å². The number of benzene rings is 1. The Morgan fingerprint density at radius 2 is 1.88 bits per heavy atom. The van der Waals surface area contributed by atoms with Crippen LogP contribution in [-0.2, 0) is 11.2 Å². The lowest BCUT2D eigenvalue weighted by atomic mass is 10.0. The number of carboxylic acids is 1. The lowest BCUT2D eigenvalue weighted by Gasteiger charge is -2.06. The van der Waals surface area contributed by atoms with Gasteiger partial charge < -0.3 is 10.4 Å². The van der Waals surface area contributed by atoms with E-state index in [0.717, 1.165) is 16.7 Å². The highest BCUT2D eigenvalue weighted by Crippen LogP contribution is 2.22. The van der Waals surface area contributed by atoms with Gasteiger partial charge in [-0.05, 0) is 29.2 Å². The zero-order valence-corrected chi connectivity index (χ0v) is 14.1. The Kier molecular flexibility index (Phi) is 5.20. The largest absolute Gasteiger partial charge is 0.478 e. The van der Waals surface area contributed by atoms with Crippen molar-refractivity contribution in [3.05, 3.63) is 70.7 Å². The third-order valence-electron chi connectivity index (χ3n) is 3.76. The second-order valence-electron chi connectivity index (χ2n) is 5.49. The molecule has 0 saturated heterocycles. The number of nitrogens with zero attached hydrogens (tertiary/aromatic N) is 1. The van der Waals surface area contributed by atoms with E-state index in [1.54, 1.807) is 11.6 Å². The molecule has 25 heavy (non-hydrogen) atoms. The van der Waals surface area contributed by atoms with Crippen molar-refractivity contribution in [3.8, 4) is 11.1 Å². The molecule has 3 rings (SSSR count). The Bertz CT molecular complexity index is 873. The minimum Gasteiger partial charge on any atom is -0.478 e. The molecule has 0 radical (unpaired) electrons. The quantitative estimate of drug-likeness (QED) is 0.700. The van der Waals surface area contributed by atoms with Gasteiger partial charge in [0, 0.05) is 29.6 Å². The molecule has 1 aromatic carbocycles. The van der Waals surface area contributed by atoms with Gasteiger partial charge in [0.05, 0.1) is 11.3 Å². The van der Waals surface area contributed by atoms with E-state index in [0.29, 0.717) is 18.5 Å². The van der Waals surface area contributed by atoms with Crippen molar-refractivity contribution in [2.45, 2.75) is 12.8 Å². The lowest BCUT2D eigenvalue weighted by molar-refractivity contribution is -0.116. The molecule has 1 amide bonds. The number of hydrogen-bond donors (Lipinski definition) is 2. The molecule has 0 aliphatic heterocycles. The van der Waals surface area contributed by atoms with Gasteiger partial charge in [-0.3, -0.25) is 9.78 Å². The van der Waals surface area contributed by atoms with E-state index in [2.05, 4.69) is 10.3 Å². The second kappa shape index (κ2) is 7.72. The van der Waals surface area contributed by atoms with E-state index in [4.69, 9.17) is 5.11 Å². The molecule has 2 aromatic heterocycles. The van der Waals surface area contributed by atoms with Crippen LogP contribution >= 0.6 is 11.3 Å². The molecule has 0 aliphatic rings. The van der Waals surface area contributed by atoms with Crippen LogP contribution in [0.5, 0.6) is 0 Å². The fraction of sp³-hybridized carbons (Fsp3) is 0.105. The summed E-state index contributed by atoms with van der Waals surface area (Å²) in [6.45, 7) is 0. The van der Waals surface area contributed by atoms with Gasteiger partial charge in [0.1, 0.15) is 0 Å². The Balaban J connectivity index is 1.57. The summed E-state index contributed by atoms with van der Waals surface area (Å²) < 4.78 is 0. The summed E-state index contributed by atoms with van der Waals surface area (Å²) in [5, 5.41) is 14.8.